The second-order valence-corrected chi connectivity index (χ2v) is 6.39. The minimum absolute atomic E-state index is 0.151. The van der Waals surface area contributed by atoms with Crippen molar-refractivity contribution in [1.29, 1.82) is 0 Å². The summed E-state index contributed by atoms with van der Waals surface area (Å²) in [4.78, 5) is 2.50. The van der Waals surface area contributed by atoms with E-state index in [4.69, 9.17) is 0 Å². The highest BCUT2D eigenvalue weighted by Crippen LogP contribution is 2.54. The van der Waals surface area contributed by atoms with Gasteiger partial charge in [-0.3, -0.25) is 4.90 Å². The lowest BCUT2D eigenvalue weighted by Gasteiger charge is -2.37. The molecule has 0 aromatic heterocycles. The van der Waals surface area contributed by atoms with Gasteiger partial charge < -0.3 is 0 Å². The molecule has 1 heterocycles. The summed E-state index contributed by atoms with van der Waals surface area (Å²) in [5.74, 6) is 0.878. The number of hydrogen-bond acceptors (Lipinski definition) is 1. The molecule has 1 nitrogen and oxygen atoms in total. The molecule has 0 bridgehead atoms. The minimum atomic E-state index is -0.151. The Balaban J connectivity index is 1.84. The molecule has 0 N–H and O–H groups in total. The van der Waals surface area contributed by atoms with Gasteiger partial charge in [0.05, 0.1) is 0 Å². The topological polar surface area (TPSA) is 3.24 Å². The Hall–Kier alpha value is -1.67. The van der Waals surface area contributed by atoms with Crippen LogP contribution in [0.15, 0.2) is 48.5 Å². The van der Waals surface area contributed by atoms with Gasteiger partial charge in [0.15, 0.2) is 0 Å². The van der Waals surface area contributed by atoms with Crippen LogP contribution in [-0.4, -0.2) is 18.5 Å². The Kier molecular flexibility index (Phi) is 3.07. The third kappa shape index (κ3) is 2.01. The van der Waals surface area contributed by atoms with Crippen molar-refractivity contribution in [2.24, 2.45) is 5.92 Å². The normalized spacial score (nSPS) is 28.2. The fraction of sp³-hybridized carbons (Fsp3) is 0.368. The van der Waals surface area contributed by atoms with Crippen LogP contribution in [0.2, 0.25) is 0 Å². The van der Waals surface area contributed by atoms with Gasteiger partial charge in [0.25, 0.3) is 0 Å². The number of fused-ring (bicyclic) bond motifs is 3. The molecular formula is C19H20FN. The molecule has 2 aromatic carbocycles. The molecule has 108 valence electrons. The van der Waals surface area contributed by atoms with E-state index >= 15 is 0 Å². The number of hydrogen-bond donors (Lipinski definition) is 0. The average molecular weight is 281 g/mol. The van der Waals surface area contributed by atoms with Crippen molar-refractivity contribution in [3.63, 3.8) is 0 Å². The number of halogens is 1. The summed E-state index contributed by atoms with van der Waals surface area (Å²) < 4.78 is 13.3. The van der Waals surface area contributed by atoms with Gasteiger partial charge in [-0.1, -0.05) is 36.4 Å². The molecule has 1 aliphatic carbocycles. The zero-order valence-corrected chi connectivity index (χ0v) is 12.3. The molecule has 0 amide bonds. The van der Waals surface area contributed by atoms with E-state index in [0.29, 0.717) is 17.9 Å². The predicted octanol–water partition coefficient (Wildman–Crippen LogP) is 4.35. The Morgan fingerprint density at radius 1 is 1.00 bits per heavy atom. The van der Waals surface area contributed by atoms with Gasteiger partial charge in [-0.2, -0.15) is 0 Å². The molecule has 0 saturated carbocycles. The van der Waals surface area contributed by atoms with Crippen molar-refractivity contribution in [3.05, 3.63) is 71.0 Å². The van der Waals surface area contributed by atoms with E-state index in [1.54, 1.807) is 12.1 Å². The zero-order chi connectivity index (χ0) is 14.4. The van der Waals surface area contributed by atoms with Gasteiger partial charge in [-0.15, -0.1) is 0 Å². The van der Waals surface area contributed by atoms with E-state index in [9.17, 15) is 4.39 Å². The van der Waals surface area contributed by atoms with Crippen LogP contribution < -0.4 is 0 Å². The van der Waals surface area contributed by atoms with Crippen molar-refractivity contribution in [2.45, 2.75) is 24.8 Å². The first-order valence-electron chi connectivity index (χ1n) is 7.80. The van der Waals surface area contributed by atoms with Crippen molar-refractivity contribution >= 4 is 0 Å². The lowest BCUT2D eigenvalue weighted by molar-refractivity contribution is 0.127. The zero-order valence-electron chi connectivity index (χ0n) is 12.3. The Labute approximate surface area is 125 Å². The van der Waals surface area contributed by atoms with Crippen LogP contribution in [0.5, 0.6) is 0 Å². The van der Waals surface area contributed by atoms with Gasteiger partial charge >= 0.3 is 0 Å². The minimum Gasteiger partial charge on any atom is -0.299 e. The molecule has 0 spiro atoms. The van der Waals surface area contributed by atoms with Crippen LogP contribution in [0.4, 0.5) is 4.39 Å². The van der Waals surface area contributed by atoms with E-state index in [-0.39, 0.29) is 5.82 Å². The summed E-state index contributed by atoms with van der Waals surface area (Å²) >= 11 is 0. The summed E-state index contributed by atoms with van der Waals surface area (Å²) in [5, 5.41) is 0. The van der Waals surface area contributed by atoms with Gasteiger partial charge in [0, 0.05) is 12.0 Å². The van der Waals surface area contributed by atoms with Crippen molar-refractivity contribution < 1.29 is 4.39 Å². The van der Waals surface area contributed by atoms with Gasteiger partial charge in [-0.25, -0.2) is 4.39 Å². The van der Waals surface area contributed by atoms with Crippen LogP contribution in [0.1, 0.15) is 41.5 Å². The summed E-state index contributed by atoms with van der Waals surface area (Å²) in [7, 11) is 2.24. The molecule has 2 heteroatoms. The monoisotopic (exact) mass is 281 g/mol. The molecule has 3 atom stereocenters. The SMILES string of the molecule is CN1CCC[C@@H]2[C@H](c3ccc(F)cc3)c3ccccc3[C@@H]21. The van der Waals surface area contributed by atoms with Crippen LogP contribution in [-0.2, 0) is 0 Å². The van der Waals surface area contributed by atoms with Crippen LogP contribution in [0.25, 0.3) is 0 Å². The van der Waals surface area contributed by atoms with Crippen LogP contribution in [0.3, 0.4) is 0 Å². The third-order valence-electron chi connectivity index (χ3n) is 5.24. The van der Waals surface area contributed by atoms with Gasteiger partial charge in [0.1, 0.15) is 5.82 Å². The molecule has 0 radical (unpaired) electrons. The smallest absolute Gasteiger partial charge is 0.123 e. The summed E-state index contributed by atoms with van der Waals surface area (Å²) in [6, 6.07) is 16.5. The number of nitrogens with zero attached hydrogens (tertiary/aromatic N) is 1. The molecule has 1 saturated heterocycles. The molecule has 0 unspecified atom stereocenters. The van der Waals surface area contributed by atoms with Crippen molar-refractivity contribution in [1.82, 2.24) is 4.90 Å². The van der Waals surface area contributed by atoms with E-state index in [1.165, 1.54) is 36.1 Å². The Morgan fingerprint density at radius 2 is 1.71 bits per heavy atom. The second-order valence-electron chi connectivity index (χ2n) is 6.39. The van der Waals surface area contributed by atoms with Crippen molar-refractivity contribution in [2.75, 3.05) is 13.6 Å². The molecule has 1 aliphatic heterocycles. The molecule has 1 fully saturated rings. The fourth-order valence-corrected chi connectivity index (χ4v) is 4.41. The predicted molar refractivity (Wildman–Crippen MR) is 82.8 cm³/mol. The van der Waals surface area contributed by atoms with Gasteiger partial charge in [0.2, 0.25) is 0 Å². The molecule has 2 aromatic rings. The highest BCUT2D eigenvalue weighted by Gasteiger charge is 2.44. The summed E-state index contributed by atoms with van der Waals surface area (Å²) in [5.41, 5.74) is 4.17. The highest BCUT2D eigenvalue weighted by molar-refractivity contribution is 5.46. The van der Waals surface area contributed by atoms with E-state index < -0.39 is 0 Å². The van der Waals surface area contributed by atoms with E-state index in [2.05, 4.69) is 36.2 Å². The van der Waals surface area contributed by atoms with Crippen LogP contribution >= 0.6 is 0 Å². The van der Waals surface area contributed by atoms with E-state index in [1.807, 2.05) is 12.1 Å². The Bertz CT molecular complexity index is 649. The lowest BCUT2D eigenvalue weighted by Crippen LogP contribution is -2.34. The molecule has 4 rings (SSSR count). The number of rotatable bonds is 1. The first-order valence-corrected chi connectivity index (χ1v) is 7.80. The third-order valence-corrected chi connectivity index (χ3v) is 5.24. The molecule has 2 aliphatic rings. The largest absolute Gasteiger partial charge is 0.299 e. The van der Waals surface area contributed by atoms with Crippen LogP contribution in [0, 0.1) is 11.7 Å². The number of benzene rings is 2. The fourth-order valence-electron chi connectivity index (χ4n) is 4.41. The first-order chi connectivity index (χ1) is 10.3. The Morgan fingerprint density at radius 3 is 2.48 bits per heavy atom. The summed E-state index contributed by atoms with van der Waals surface area (Å²) in [6.45, 7) is 1.17. The number of piperidine rings is 1. The second kappa shape index (κ2) is 4.96. The quantitative estimate of drug-likeness (QED) is 0.751. The average Bonchev–Trinajstić information content (AvgIpc) is 2.84. The maximum absolute atomic E-state index is 13.3. The summed E-state index contributed by atoms with van der Waals surface area (Å²) in [6.07, 6.45) is 2.51. The number of likely N-dealkylation sites (tertiary alicyclic amines) is 1. The first kappa shape index (κ1) is 13.0. The maximum atomic E-state index is 13.3. The van der Waals surface area contributed by atoms with Gasteiger partial charge in [-0.05, 0) is 61.2 Å². The highest BCUT2D eigenvalue weighted by atomic mass is 19.1. The van der Waals surface area contributed by atoms with Crippen molar-refractivity contribution in [3.8, 4) is 0 Å². The standard InChI is InChI=1S/C19H20FN/c1-21-12-4-7-17-18(13-8-10-14(20)11-9-13)15-5-2-3-6-16(15)19(17)21/h2-3,5-6,8-11,17-19H,4,7,12H2,1H3/t17-,18-,19+/m1/s1. The lowest BCUT2D eigenvalue weighted by atomic mass is 9.80. The molecule has 21 heavy (non-hydrogen) atoms. The maximum Gasteiger partial charge on any atom is 0.123 e. The molecular weight excluding hydrogens is 261 g/mol. The van der Waals surface area contributed by atoms with E-state index in [0.717, 1.165) is 0 Å².